The van der Waals surface area contributed by atoms with E-state index in [-0.39, 0.29) is 18.8 Å². The van der Waals surface area contributed by atoms with Crippen molar-refractivity contribution in [3.63, 3.8) is 0 Å². The molecule has 1 unspecified atom stereocenters. The molecule has 0 aromatic heterocycles. The quantitative estimate of drug-likeness (QED) is 0.197. The summed E-state index contributed by atoms with van der Waals surface area (Å²) >= 11 is 5.83. The van der Waals surface area contributed by atoms with Crippen molar-refractivity contribution in [1.82, 2.24) is 0 Å². The molecule has 0 aliphatic heterocycles. The number of rotatable bonds is 10. The van der Waals surface area contributed by atoms with E-state index in [0.29, 0.717) is 21.9 Å². The monoisotopic (exact) mass is 436 g/mol. The Morgan fingerprint density at radius 3 is 2.17 bits per heavy atom. The van der Waals surface area contributed by atoms with Gasteiger partial charge in [-0.25, -0.2) is 4.79 Å². The fourth-order valence-corrected chi connectivity index (χ4v) is 2.49. The molecule has 0 bridgehead atoms. The highest BCUT2D eigenvalue weighted by Crippen LogP contribution is 2.22. The van der Waals surface area contributed by atoms with Crippen molar-refractivity contribution in [2.45, 2.75) is 32.1 Å². The van der Waals surface area contributed by atoms with E-state index in [1.54, 1.807) is 48.5 Å². The minimum Gasteiger partial charge on any atom is -0.476 e. The van der Waals surface area contributed by atoms with Gasteiger partial charge in [0.15, 0.2) is 17.6 Å². The maximum absolute atomic E-state index is 12.5. The predicted molar refractivity (Wildman–Crippen MR) is 108 cm³/mol. The number of carbonyl (C=O) groups excluding carboxylic acids is 2. The van der Waals surface area contributed by atoms with Gasteiger partial charge in [-0.05, 0) is 62.4 Å². The van der Waals surface area contributed by atoms with Crippen molar-refractivity contribution >= 4 is 23.4 Å². The summed E-state index contributed by atoms with van der Waals surface area (Å²) in [5.74, 6) is -0.591. The summed E-state index contributed by atoms with van der Waals surface area (Å²) in [6, 6.07) is 12.8. The van der Waals surface area contributed by atoms with Crippen molar-refractivity contribution < 1.29 is 29.0 Å². The molecule has 2 N–H and O–H groups in total. The number of ketones is 1. The minimum atomic E-state index is -1.39. The van der Waals surface area contributed by atoms with Crippen LogP contribution >= 0.6 is 11.6 Å². The van der Waals surface area contributed by atoms with E-state index in [0.717, 1.165) is 0 Å². The molecule has 0 spiro atoms. The van der Waals surface area contributed by atoms with Crippen LogP contribution in [-0.2, 0) is 14.4 Å². The molecule has 0 saturated carbocycles. The number of nitrogens with two attached hydrogens (primary N) is 1. The first-order chi connectivity index (χ1) is 14.1. The van der Waals surface area contributed by atoms with Gasteiger partial charge in [0, 0.05) is 22.6 Å². The Kier molecular flexibility index (Phi) is 7.73. The number of nitrogens with zero attached hydrogens (tertiary/aromatic N) is 1. The molecule has 160 valence electrons. The van der Waals surface area contributed by atoms with Gasteiger partial charge in [0.25, 0.3) is 5.09 Å². The van der Waals surface area contributed by atoms with E-state index < -0.39 is 22.9 Å². The van der Waals surface area contributed by atoms with E-state index in [9.17, 15) is 19.7 Å². The van der Waals surface area contributed by atoms with Crippen LogP contribution in [0.25, 0.3) is 0 Å². The molecule has 10 heteroatoms. The van der Waals surface area contributed by atoms with Gasteiger partial charge in [-0.3, -0.25) is 10.5 Å². The standard InChI is InChI=1S/C20H21ClN2O7/c1-20(2,19(25)29-17(22)11-12-28-23(26)27)30-16-9-5-14(6-10-16)18(24)13-3-7-15(21)8-4-13/h3-10,17H,11-12,22H2,1-2H3. The molecule has 30 heavy (non-hydrogen) atoms. The van der Waals surface area contributed by atoms with Crippen LogP contribution in [0.2, 0.25) is 5.02 Å². The van der Waals surface area contributed by atoms with Gasteiger partial charge in [0.2, 0.25) is 0 Å². The first kappa shape index (κ1) is 23.1. The third kappa shape index (κ3) is 6.71. The molecule has 2 rings (SSSR count). The van der Waals surface area contributed by atoms with Crippen LogP contribution in [0.3, 0.4) is 0 Å². The topological polar surface area (TPSA) is 131 Å². The summed E-state index contributed by atoms with van der Waals surface area (Å²) in [4.78, 5) is 39.0. The Balaban J connectivity index is 1.95. The zero-order chi connectivity index (χ0) is 22.3. The molecule has 0 heterocycles. The van der Waals surface area contributed by atoms with E-state index in [4.69, 9.17) is 26.8 Å². The zero-order valence-corrected chi connectivity index (χ0v) is 17.1. The van der Waals surface area contributed by atoms with Gasteiger partial charge >= 0.3 is 5.97 Å². The lowest BCUT2D eigenvalue weighted by atomic mass is 10.0. The lowest BCUT2D eigenvalue weighted by Gasteiger charge is -2.26. The molecule has 0 amide bonds. The number of hydrogen-bond donors (Lipinski definition) is 1. The average Bonchev–Trinajstić information content (AvgIpc) is 2.68. The fourth-order valence-electron chi connectivity index (χ4n) is 2.36. The third-order valence-corrected chi connectivity index (χ3v) is 4.20. The third-order valence-electron chi connectivity index (χ3n) is 3.94. The molecule has 9 nitrogen and oxygen atoms in total. The van der Waals surface area contributed by atoms with Crippen LogP contribution in [-0.4, -0.2) is 35.3 Å². The summed E-state index contributed by atoms with van der Waals surface area (Å²) in [5.41, 5.74) is 5.17. The average molecular weight is 437 g/mol. The molecule has 2 aromatic carbocycles. The second-order valence-electron chi connectivity index (χ2n) is 6.76. The van der Waals surface area contributed by atoms with E-state index in [2.05, 4.69) is 4.84 Å². The number of carbonyl (C=O) groups is 2. The lowest BCUT2D eigenvalue weighted by Crippen LogP contribution is -2.43. The van der Waals surface area contributed by atoms with Crippen LogP contribution in [0.1, 0.15) is 36.2 Å². The largest absolute Gasteiger partial charge is 0.476 e. The normalized spacial score (nSPS) is 12.0. The number of esters is 1. The number of halogens is 1. The van der Waals surface area contributed by atoms with Crippen molar-refractivity contribution in [1.29, 1.82) is 0 Å². The van der Waals surface area contributed by atoms with Gasteiger partial charge in [-0.2, -0.15) is 0 Å². The van der Waals surface area contributed by atoms with Crippen molar-refractivity contribution in [3.05, 3.63) is 74.8 Å². The number of hydrogen-bond acceptors (Lipinski definition) is 8. The summed E-state index contributed by atoms with van der Waals surface area (Å²) in [6.07, 6.45) is -1.13. The van der Waals surface area contributed by atoms with Crippen molar-refractivity contribution in [3.8, 4) is 5.75 Å². The molecule has 2 aromatic rings. The molecule has 0 aliphatic carbocycles. The van der Waals surface area contributed by atoms with Crippen LogP contribution in [0, 0.1) is 10.1 Å². The molecule has 1 atom stereocenters. The van der Waals surface area contributed by atoms with Crippen LogP contribution in [0.5, 0.6) is 5.75 Å². The van der Waals surface area contributed by atoms with Gasteiger partial charge in [-0.1, -0.05) is 11.6 Å². The maximum atomic E-state index is 12.5. The SMILES string of the molecule is CC(C)(Oc1ccc(C(=O)c2ccc(Cl)cc2)cc1)C(=O)OC(N)CCO[N+](=O)[O-]. The number of benzene rings is 2. The van der Waals surface area contributed by atoms with Crippen LogP contribution in [0.15, 0.2) is 48.5 Å². The molecule has 0 radical (unpaired) electrons. The molecule has 0 aliphatic rings. The summed E-state index contributed by atoms with van der Waals surface area (Å²) in [5, 5.41) is 9.70. The summed E-state index contributed by atoms with van der Waals surface area (Å²) < 4.78 is 10.7. The van der Waals surface area contributed by atoms with E-state index >= 15 is 0 Å². The van der Waals surface area contributed by atoms with E-state index in [1.807, 2.05) is 0 Å². The predicted octanol–water partition coefficient (Wildman–Crippen LogP) is 3.15. The van der Waals surface area contributed by atoms with E-state index in [1.165, 1.54) is 13.8 Å². The van der Waals surface area contributed by atoms with Gasteiger partial charge in [0.05, 0.1) is 0 Å². The Hall–Kier alpha value is -3.17. The first-order valence-electron chi connectivity index (χ1n) is 8.92. The van der Waals surface area contributed by atoms with Gasteiger partial charge in [0.1, 0.15) is 12.4 Å². The Morgan fingerprint density at radius 1 is 1.10 bits per heavy atom. The fraction of sp³-hybridized carbons (Fsp3) is 0.300. The van der Waals surface area contributed by atoms with Crippen LogP contribution in [0.4, 0.5) is 0 Å². The Morgan fingerprint density at radius 2 is 1.63 bits per heavy atom. The number of ether oxygens (including phenoxy) is 2. The molecular formula is C20H21ClN2O7. The molecule has 0 fully saturated rings. The Labute approximate surface area is 177 Å². The summed E-state index contributed by atoms with van der Waals surface area (Å²) in [6.45, 7) is 2.68. The van der Waals surface area contributed by atoms with Crippen molar-refractivity contribution in [2.75, 3.05) is 6.61 Å². The zero-order valence-electron chi connectivity index (χ0n) is 16.4. The van der Waals surface area contributed by atoms with Gasteiger partial charge < -0.3 is 14.3 Å². The highest BCUT2D eigenvalue weighted by molar-refractivity contribution is 6.30. The second-order valence-corrected chi connectivity index (χ2v) is 7.20. The maximum Gasteiger partial charge on any atom is 0.351 e. The summed E-state index contributed by atoms with van der Waals surface area (Å²) in [7, 11) is 0. The van der Waals surface area contributed by atoms with Crippen molar-refractivity contribution in [2.24, 2.45) is 5.73 Å². The Bertz CT molecular complexity index is 898. The first-order valence-corrected chi connectivity index (χ1v) is 9.29. The highest BCUT2D eigenvalue weighted by atomic mass is 35.5. The highest BCUT2D eigenvalue weighted by Gasteiger charge is 2.33. The second kappa shape index (κ2) is 10.0. The smallest absolute Gasteiger partial charge is 0.351 e. The minimum absolute atomic E-state index is 0.0513. The van der Waals surface area contributed by atoms with Crippen LogP contribution < -0.4 is 10.5 Å². The molecule has 0 saturated heterocycles. The van der Waals surface area contributed by atoms with Gasteiger partial charge in [-0.15, -0.1) is 10.1 Å². The lowest BCUT2D eigenvalue weighted by molar-refractivity contribution is -0.758. The molecular weight excluding hydrogens is 416 g/mol.